The molecule has 0 N–H and O–H groups in total. The van der Waals surface area contributed by atoms with Crippen LogP contribution in [0.25, 0.3) is 0 Å². The third kappa shape index (κ3) is 3.19. The van der Waals surface area contributed by atoms with Crippen molar-refractivity contribution in [1.82, 2.24) is 4.98 Å². The lowest BCUT2D eigenvalue weighted by Crippen LogP contribution is -1.67. The van der Waals surface area contributed by atoms with Gasteiger partial charge in [-0.25, -0.2) is 4.98 Å². The molecule has 0 saturated heterocycles. The van der Waals surface area contributed by atoms with Crippen molar-refractivity contribution in [3.8, 4) is 0 Å². The number of rotatable bonds is 0. The minimum atomic E-state index is -0.350. The summed E-state index contributed by atoms with van der Waals surface area (Å²) >= 11 is 1.03. The van der Waals surface area contributed by atoms with Gasteiger partial charge in [0, 0.05) is 5.38 Å². The van der Waals surface area contributed by atoms with E-state index in [4.69, 9.17) is 0 Å². The molecule has 1 heterocycles. The van der Waals surface area contributed by atoms with Crippen LogP contribution in [0.2, 0.25) is 0 Å². The van der Waals surface area contributed by atoms with Crippen LogP contribution in [0.4, 0.5) is 4.39 Å². The molecular formula is C6H10FNS. The van der Waals surface area contributed by atoms with Gasteiger partial charge < -0.3 is 0 Å². The Morgan fingerprint density at radius 3 is 2.22 bits per heavy atom. The zero-order valence-electron chi connectivity index (χ0n) is 5.81. The second-order valence-electron chi connectivity index (χ2n) is 1.24. The summed E-state index contributed by atoms with van der Waals surface area (Å²) < 4.78 is 11.8. The van der Waals surface area contributed by atoms with E-state index in [0.717, 1.165) is 17.0 Å². The average molecular weight is 147 g/mol. The highest BCUT2D eigenvalue weighted by atomic mass is 32.1. The molecule has 9 heavy (non-hydrogen) atoms. The number of halogens is 1. The molecule has 0 atom stereocenters. The van der Waals surface area contributed by atoms with Gasteiger partial charge in [-0.3, -0.25) is 0 Å². The van der Waals surface area contributed by atoms with Gasteiger partial charge in [0.2, 0.25) is 0 Å². The first-order valence-electron chi connectivity index (χ1n) is 2.86. The molecular weight excluding hydrogens is 137 g/mol. The summed E-state index contributed by atoms with van der Waals surface area (Å²) in [5.41, 5.74) is 0.752. The molecule has 0 spiro atoms. The summed E-state index contributed by atoms with van der Waals surface area (Å²) in [6.07, 6.45) is 0. The van der Waals surface area contributed by atoms with Crippen molar-refractivity contribution in [2.45, 2.75) is 20.8 Å². The summed E-state index contributed by atoms with van der Waals surface area (Å²) in [5, 5.41) is 1.33. The van der Waals surface area contributed by atoms with Crippen LogP contribution in [-0.4, -0.2) is 4.98 Å². The Morgan fingerprint density at radius 1 is 1.56 bits per heavy atom. The van der Waals surface area contributed by atoms with E-state index in [2.05, 4.69) is 4.98 Å². The van der Waals surface area contributed by atoms with Crippen LogP contribution < -0.4 is 0 Å². The van der Waals surface area contributed by atoms with Crippen molar-refractivity contribution in [3.63, 3.8) is 0 Å². The second kappa shape index (κ2) is 4.44. The number of hydrogen-bond acceptors (Lipinski definition) is 2. The SMILES string of the molecule is CC.Cc1csc(F)n1. The number of nitrogens with zero attached hydrogens (tertiary/aromatic N) is 1. The summed E-state index contributed by atoms with van der Waals surface area (Å²) in [4.78, 5) is 3.46. The van der Waals surface area contributed by atoms with Gasteiger partial charge in [-0.05, 0) is 6.92 Å². The first-order valence-corrected chi connectivity index (χ1v) is 3.74. The summed E-state index contributed by atoms with van der Waals surface area (Å²) in [7, 11) is 0. The minimum Gasteiger partial charge on any atom is -0.215 e. The van der Waals surface area contributed by atoms with Crippen LogP contribution in [0.3, 0.4) is 0 Å². The molecule has 0 amide bonds. The Labute approximate surface area is 58.6 Å². The van der Waals surface area contributed by atoms with Crippen molar-refractivity contribution in [2.24, 2.45) is 0 Å². The number of aromatic nitrogens is 1. The molecule has 52 valence electrons. The molecule has 0 unspecified atom stereocenters. The minimum absolute atomic E-state index is 0.350. The van der Waals surface area contributed by atoms with Crippen LogP contribution in [-0.2, 0) is 0 Å². The molecule has 1 nitrogen and oxygen atoms in total. The van der Waals surface area contributed by atoms with Gasteiger partial charge >= 0.3 is 0 Å². The van der Waals surface area contributed by atoms with Gasteiger partial charge in [-0.2, -0.15) is 4.39 Å². The molecule has 1 aromatic rings. The molecule has 0 saturated carbocycles. The Morgan fingerprint density at radius 2 is 2.11 bits per heavy atom. The normalized spacial score (nSPS) is 8.00. The molecule has 0 aliphatic carbocycles. The highest BCUT2D eigenvalue weighted by molar-refractivity contribution is 7.07. The summed E-state index contributed by atoms with van der Waals surface area (Å²) in [6.45, 7) is 5.76. The lowest BCUT2D eigenvalue weighted by atomic mass is 10.6. The molecule has 0 bridgehead atoms. The van der Waals surface area contributed by atoms with Gasteiger partial charge in [0.05, 0.1) is 5.69 Å². The first-order chi connectivity index (χ1) is 4.29. The fourth-order valence-corrected chi connectivity index (χ4v) is 0.842. The van der Waals surface area contributed by atoms with E-state index in [-0.39, 0.29) is 5.26 Å². The summed E-state index contributed by atoms with van der Waals surface area (Å²) in [5.74, 6) is 0. The highest BCUT2D eigenvalue weighted by Gasteiger charge is 1.90. The molecule has 0 radical (unpaired) electrons. The van der Waals surface area contributed by atoms with Crippen LogP contribution in [0, 0.1) is 12.2 Å². The predicted molar refractivity (Wildman–Crippen MR) is 38.2 cm³/mol. The first kappa shape index (κ1) is 8.56. The molecule has 3 heteroatoms. The Balaban J connectivity index is 0.000000291. The van der Waals surface area contributed by atoms with Gasteiger partial charge in [-0.15, -0.1) is 0 Å². The maximum absolute atomic E-state index is 11.8. The monoisotopic (exact) mass is 147 g/mol. The van der Waals surface area contributed by atoms with E-state index in [9.17, 15) is 4.39 Å². The van der Waals surface area contributed by atoms with Gasteiger partial charge in [0.25, 0.3) is 5.26 Å². The molecule has 0 aliphatic rings. The fourth-order valence-electron chi connectivity index (χ4n) is 0.325. The highest BCUT2D eigenvalue weighted by Crippen LogP contribution is 2.04. The van der Waals surface area contributed by atoms with Crippen molar-refractivity contribution in [3.05, 3.63) is 16.3 Å². The molecule has 0 aromatic carbocycles. The zero-order valence-corrected chi connectivity index (χ0v) is 6.63. The second-order valence-corrected chi connectivity index (χ2v) is 2.05. The number of thiazole rings is 1. The molecule has 0 fully saturated rings. The molecule has 1 rings (SSSR count). The Hall–Kier alpha value is -0.440. The Kier molecular flexibility index (Phi) is 4.22. The maximum atomic E-state index is 11.8. The van der Waals surface area contributed by atoms with Gasteiger partial charge in [0.1, 0.15) is 0 Å². The van der Waals surface area contributed by atoms with Crippen molar-refractivity contribution < 1.29 is 4.39 Å². The van der Waals surface area contributed by atoms with Crippen LogP contribution in [0.1, 0.15) is 19.5 Å². The number of aryl methyl sites for hydroxylation is 1. The predicted octanol–water partition coefficient (Wildman–Crippen LogP) is 2.62. The third-order valence-electron chi connectivity index (χ3n) is 0.591. The van der Waals surface area contributed by atoms with Crippen LogP contribution in [0.15, 0.2) is 5.38 Å². The van der Waals surface area contributed by atoms with E-state index in [1.807, 2.05) is 13.8 Å². The third-order valence-corrected chi connectivity index (χ3v) is 1.34. The van der Waals surface area contributed by atoms with E-state index < -0.39 is 0 Å². The maximum Gasteiger partial charge on any atom is 0.269 e. The molecule has 0 aliphatic heterocycles. The largest absolute Gasteiger partial charge is 0.269 e. The van der Waals surface area contributed by atoms with Gasteiger partial charge in [-0.1, -0.05) is 25.2 Å². The Bertz CT molecular complexity index is 145. The van der Waals surface area contributed by atoms with E-state index in [1.54, 1.807) is 12.3 Å². The van der Waals surface area contributed by atoms with E-state index in [0.29, 0.717) is 0 Å². The standard InChI is InChI=1S/C4H4FNS.C2H6/c1-3-2-7-4(5)6-3;1-2/h2H,1H3;1-2H3. The average Bonchev–Trinajstić information content (AvgIpc) is 2.20. The number of hydrogen-bond donors (Lipinski definition) is 0. The van der Waals surface area contributed by atoms with Crippen molar-refractivity contribution >= 4 is 11.3 Å². The van der Waals surface area contributed by atoms with Crippen LogP contribution >= 0.6 is 11.3 Å². The van der Waals surface area contributed by atoms with E-state index in [1.165, 1.54) is 0 Å². The quantitative estimate of drug-likeness (QED) is 0.549. The lowest BCUT2D eigenvalue weighted by molar-refractivity contribution is 0.614. The molecule has 1 aromatic heterocycles. The fraction of sp³-hybridized carbons (Fsp3) is 0.500. The van der Waals surface area contributed by atoms with Crippen LogP contribution in [0.5, 0.6) is 0 Å². The smallest absolute Gasteiger partial charge is 0.215 e. The van der Waals surface area contributed by atoms with E-state index >= 15 is 0 Å². The van der Waals surface area contributed by atoms with Crippen molar-refractivity contribution in [2.75, 3.05) is 0 Å². The zero-order chi connectivity index (χ0) is 7.28. The topological polar surface area (TPSA) is 12.9 Å². The summed E-state index contributed by atoms with van der Waals surface area (Å²) in [6, 6.07) is 0. The van der Waals surface area contributed by atoms with Gasteiger partial charge in [0.15, 0.2) is 0 Å². The lowest BCUT2D eigenvalue weighted by Gasteiger charge is -1.67. The van der Waals surface area contributed by atoms with Crippen molar-refractivity contribution in [1.29, 1.82) is 0 Å².